The normalized spacial score (nSPS) is 12.3. The topological polar surface area (TPSA) is 64.0 Å². The van der Waals surface area contributed by atoms with Gasteiger partial charge in [-0.2, -0.15) is 0 Å². The Labute approximate surface area is 168 Å². The van der Waals surface area contributed by atoms with Crippen molar-refractivity contribution in [1.29, 1.82) is 0 Å². The number of aromatic nitrogens is 2. The van der Waals surface area contributed by atoms with Crippen LogP contribution < -0.4 is 10.9 Å². The van der Waals surface area contributed by atoms with Crippen LogP contribution in [0.15, 0.2) is 44.1 Å². The van der Waals surface area contributed by atoms with Gasteiger partial charge in [0, 0.05) is 11.0 Å². The zero-order valence-electron chi connectivity index (χ0n) is 14.6. The summed E-state index contributed by atoms with van der Waals surface area (Å²) < 4.78 is 3.11. The minimum Gasteiger partial charge on any atom is -0.324 e. The lowest BCUT2D eigenvalue weighted by molar-refractivity contribution is -0.115. The van der Waals surface area contributed by atoms with E-state index in [2.05, 4.69) is 26.2 Å². The molecule has 2 heterocycles. The molecule has 0 aliphatic carbocycles. The number of aryl methyl sites for hydroxylation is 1. The van der Waals surface area contributed by atoms with Crippen molar-refractivity contribution in [2.24, 2.45) is 0 Å². The van der Waals surface area contributed by atoms with Crippen molar-refractivity contribution >= 4 is 60.8 Å². The van der Waals surface area contributed by atoms with Gasteiger partial charge in [-0.05, 0) is 65.8 Å². The molecule has 0 aliphatic rings. The molecule has 0 saturated carbocycles. The molecule has 1 N–H and O–H groups in total. The first-order valence-electron chi connectivity index (χ1n) is 8.12. The van der Waals surface area contributed by atoms with Crippen molar-refractivity contribution in [3.63, 3.8) is 0 Å². The second kappa shape index (κ2) is 7.94. The van der Waals surface area contributed by atoms with E-state index in [-0.39, 0.29) is 11.5 Å². The Kier molecular flexibility index (Phi) is 5.84. The van der Waals surface area contributed by atoms with Gasteiger partial charge in [-0.25, -0.2) is 4.98 Å². The molecule has 0 fully saturated rings. The molecule has 5 nitrogen and oxygen atoms in total. The van der Waals surface area contributed by atoms with Gasteiger partial charge in [0.05, 0.1) is 16.5 Å². The van der Waals surface area contributed by atoms with Crippen molar-refractivity contribution in [3.05, 3.63) is 50.0 Å². The molecule has 26 heavy (non-hydrogen) atoms. The van der Waals surface area contributed by atoms with Crippen LogP contribution in [0.4, 0.5) is 5.69 Å². The van der Waals surface area contributed by atoms with Crippen LogP contribution in [0, 0.1) is 6.92 Å². The number of carbonyl (C=O) groups is 1. The number of halogens is 1. The maximum Gasteiger partial charge on any atom is 0.272 e. The molecule has 3 rings (SSSR count). The highest BCUT2D eigenvalue weighted by Gasteiger charge is 2.20. The molecule has 3 aromatic rings. The molecule has 1 atom stereocenters. The largest absolute Gasteiger partial charge is 0.324 e. The van der Waals surface area contributed by atoms with Gasteiger partial charge in [0.25, 0.3) is 5.56 Å². The molecule has 1 amide bonds. The number of nitrogens with zero attached hydrogens (tertiary/aromatic N) is 2. The molecule has 1 unspecified atom stereocenters. The summed E-state index contributed by atoms with van der Waals surface area (Å²) in [7, 11) is 0. The minimum atomic E-state index is -0.399. The third-order valence-corrected chi connectivity index (χ3v) is 6.52. The number of nitrogens with one attached hydrogen (secondary N) is 1. The van der Waals surface area contributed by atoms with Gasteiger partial charge in [-0.3, -0.25) is 14.2 Å². The van der Waals surface area contributed by atoms with Gasteiger partial charge in [0.1, 0.15) is 4.70 Å². The summed E-state index contributed by atoms with van der Waals surface area (Å²) in [5, 5.41) is 4.95. The lowest BCUT2D eigenvalue weighted by Gasteiger charge is -2.15. The third-order valence-electron chi connectivity index (χ3n) is 3.88. The first-order valence-corrected chi connectivity index (χ1v) is 10.7. The molecular weight excluding hydrogens is 434 g/mol. The van der Waals surface area contributed by atoms with Gasteiger partial charge >= 0.3 is 0 Å². The monoisotopic (exact) mass is 451 g/mol. The van der Waals surface area contributed by atoms with Crippen molar-refractivity contribution in [3.8, 4) is 0 Å². The molecular formula is C18H18BrN3O2S2. The van der Waals surface area contributed by atoms with E-state index < -0.39 is 5.25 Å². The summed E-state index contributed by atoms with van der Waals surface area (Å²) in [6, 6.07) is 7.60. The number of amides is 1. The van der Waals surface area contributed by atoms with E-state index in [1.54, 1.807) is 4.57 Å². The zero-order valence-corrected chi connectivity index (χ0v) is 17.8. The Morgan fingerprint density at radius 2 is 2.19 bits per heavy atom. The van der Waals surface area contributed by atoms with Crippen LogP contribution in [-0.4, -0.2) is 20.7 Å². The van der Waals surface area contributed by atoms with Crippen LogP contribution in [0.3, 0.4) is 0 Å². The number of carbonyl (C=O) groups excluding carboxylic acids is 1. The fourth-order valence-electron chi connectivity index (χ4n) is 2.46. The Morgan fingerprint density at radius 3 is 2.88 bits per heavy atom. The molecule has 8 heteroatoms. The van der Waals surface area contributed by atoms with E-state index in [9.17, 15) is 9.59 Å². The van der Waals surface area contributed by atoms with E-state index in [0.29, 0.717) is 21.9 Å². The molecule has 0 saturated heterocycles. The fraction of sp³-hybridized carbons (Fsp3) is 0.278. The number of fused-ring (bicyclic) bond motifs is 1. The number of rotatable bonds is 5. The zero-order chi connectivity index (χ0) is 18.8. The maximum atomic E-state index is 12.6. The van der Waals surface area contributed by atoms with Crippen LogP contribution in [-0.2, 0) is 11.3 Å². The van der Waals surface area contributed by atoms with Crippen LogP contribution in [0.1, 0.15) is 19.4 Å². The summed E-state index contributed by atoms with van der Waals surface area (Å²) in [6.07, 6.45) is 0. The summed E-state index contributed by atoms with van der Waals surface area (Å²) in [5.74, 6) is -0.137. The van der Waals surface area contributed by atoms with E-state index in [4.69, 9.17) is 0 Å². The summed E-state index contributed by atoms with van der Waals surface area (Å²) in [6.45, 7) is 6.22. The van der Waals surface area contributed by atoms with Gasteiger partial charge in [0.15, 0.2) is 5.16 Å². The minimum absolute atomic E-state index is 0.0520. The van der Waals surface area contributed by atoms with E-state index in [1.807, 2.05) is 50.4 Å². The highest BCUT2D eigenvalue weighted by molar-refractivity contribution is 9.10. The number of hydrogen-bond acceptors (Lipinski definition) is 5. The van der Waals surface area contributed by atoms with Crippen LogP contribution in [0.2, 0.25) is 0 Å². The maximum absolute atomic E-state index is 12.6. The second-order valence-electron chi connectivity index (χ2n) is 5.81. The summed E-state index contributed by atoms with van der Waals surface area (Å²) >= 11 is 6.15. The van der Waals surface area contributed by atoms with Gasteiger partial charge in [-0.1, -0.05) is 17.8 Å². The second-order valence-corrected chi connectivity index (χ2v) is 8.89. The summed E-state index contributed by atoms with van der Waals surface area (Å²) in [5.41, 5.74) is 2.46. The quantitative estimate of drug-likeness (QED) is 0.452. The highest BCUT2D eigenvalue weighted by atomic mass is 79.9. The first kappa shape index (κ1) is 19.1. The van der Waals surface area contributed by atoms with Crippen LogP contribution in [0.5, 0.6) is 0 Å². The Bertz CT molecular complexity index is 1030. The number of thiophene rings is 1. The predicted molar refractivity (Wildman–Crippen MR) is 112 cm³/mol. The van der Waals surface area contributed by atoms with Crippen LogP contribution >= 0.6 is 39.0 Å². The van der Waals surface area contributed by atoms with E-state index in [0.717, 1.165) is 15.7 Å². The molecule has 0 spiro atoms. The highest BCUT2D eigenvalue weighted by Crippen LogP contribution is 2.27. The number of benzene rings is 1. The van der Waals surface area contributed by atoms with Crippen molar-refractivity contribution in [1.82, 2.24) is 9.55 Å². The smallest absolute Gasteiger partial charge is 0.272 e. The molecule has 0 radical (unpaired) electrons. The number of hydrogen-bond donors (Lipinski definition) is 1. The molecule has 1 aromatic carbocycles. The average molecular weight is 452 g/mol. The van der Waals surface area contributed by atoms with Crippen molar-refractivity contribution in [2.75, 3.05) is 5.32 Å². The van der Waals surface area contributed by atoms with E-state index in [1.165, 1.54) is 23.1 Å². The molecule has 2 aromatic heterocycles. The van der Waals surface area contributed by atoms with Gasteiger partial charge < -0.3 is 5.32 Å². The van der Waals surface area contributed by atoms with Gasteiger partial charge in [-0.15, -0.1) is 11.3 Å². The third kappa shape index (κ3) is 3.87. The lowest BCUT2D eigenvalue weighted by Crippen LogP contribution is -2.26. The van der Waals surface area contributed by atoms with E-state index >= 15 is 0 Å². The fourth-order valence-corrected chi connectivity index (χ4v) is 4.80. The number of thioether (sulfide) groups is 1. The first-order chi connectivity index (χ1) is 12.4. The Morgan fingerprint density at radius 1 is 1.42 bits per heavy atom. The summed E-state index contributed by atoms with van der Waals surface area (Å²) in [4.78, 5) is 29.7. The Hall–Kier alpha value is -1.64. The molecule has 136 valence electrons. The molecule has 0 aliphatic heterocycles. The predicted octanol–water partition coefficient (Wildman–Crippen LogP) is 4.67. The van der Waals surface area contributed by atoms with Gasteiger partial charge in [0.2, 0.25) is 5.91 Å². The van der Waals surface area contributed by atoms with Crippen molar-refractivity contribution < 1.29 is 4.79 Å². The lowest BCUT2D eigenvalue weighted by atomic mass is 10.2. The Balaban J connectivity index is 1.83. The number of anilines is 1. The van der Waals surface area contributed by atoms with Crippen LogP contribution in [0.25, 0.3) is 10.2 Å². The molecule has 0 bridgehead atoms. The van der Waals surface area contributed by atoms with Crippen molar-refractivity contribution in [2.45, 2.75) is 37.7 Å². The SMILES string of the molecule is CCn1c(SC(C)C(=O)Nc2ccc(C)cc2Br)nc2ccsc2c1=O. The standard InChI is InChI=1S/C18H18BrN3O2S2/c1-4-22-17(24)15-14(7-8-25-15)21-18(22)26-11(3)16(23)20-13-6-5-10(2)9-12(13)19/h5-9,11H,4H2,1-3H3,(H,20,23). The average Bonchev–Trinajstić information content (AvgIpc) is 3.06.